The molecule has 0 bridgehead atoms. The van der Waals surface area contributed by atoms with E-state index >= 15 is 0 Å². The van der Waals surface area contributed by atoms with Crippen LogP contribution in [-0.2, 0) is 4.79 Å². The van der Waals surface area contributed by atoms with E-state index in [9.17, 15) is 9.59 Å². The van der Waals surface area contributed by atoms with E-state index in [1.54, 1.807) is 42.7 Å². The molecule has 0 aliphatic heterocycles. The Hall–Kier alpha value is -2.79. The summed E-state index contributed by atoms with van der Waals surface area (Å²) in [5, 5.41) is 2.85. The summed E-state index contributed by atoms with van der Waals surface area (Å²) in [6.07, 6.45) is 3.25. The number of carbonyl (C=O) groups excluding carboxylic acids is 2. The van der Waals surface area contributed by atoms with Crippen LogP contribution in [0.4, 0.5) is 5.69 Å². The summed E-state index contributed by atoms with van der Waals surface area (Å²) in [6, 6.07) is 16.2. The molecule has 2 aromatic heterocycles. The number of ketones is 1. The summed E-state index contributed by atoms with van der Waals surface area (Å²) in [5.74, 6) is -0.462. The van der Waals surface area contributed by atoms with Crippen LogP contribution in [0.1, 0.15) is 33.0 Å². The van der Waals surface area contributed by atoms with Crippen LogP contribution in [0, 0.1) is 0 Å². The maximum atomic E-state index is 12.4. The van der Waals surface area contributed by atoms with Gasteiger partial charge in [-0.3, -0.25) is 14.6 Å². The highest BCUT2D eigenvalue weighted by Gasteiger charge is 2.19. The van der Waals surface area contributed by atoms with E-state index in [1.807, 2.05) is 31.2 Å². The Bertz CT molecular complexity index is 844. The molecule has 2 heterocycles. The number of carbonyl (C=O) groups is 2. The van der Waals surface area contributed by atoms with Crippen molar-refractivity contribution in [2.75, 3.05) is 5.32 Å². The van der Waals surface area contributed by atoms with Crippen LogP contribution in [0.3, 0.4) is 0 Å². The molecule has 120 valence electrons. The van der Waals surface area contributed by atoms with Crippen LogP contribution < -0.4 is 5.32 Å². The number of anilines is 1. The predicted molar refractivity (Wildman–Crippen MR) is 95.5 cm³/mol. The van der Waals surface area contributed by atoms with Gasteiger partial charge in [-0.05, 0) is 31.2 Å². The van der Waals surface area contributed by atoms with Gasteiger partial charge in [0.15, 0.2) is 0 Å². The maximum absolute atomic E-state index is 12.4. The zero-order chi connectivity index (χ0) is 16.9. The lowest BCUT2D eigenvalue weighted by atomic mass is 10.1. The van der Waals surface area contributed by atoms with Crippen LogP contribution in [0.25, 0.3) is 0 Å². The first-order valence-electron chi connectivity index (χ1n) is 7.55. The Labute approximate surface area is 144 Å². The lowest BCUT2D eigenvalue weighted by Gasteiger charge is -2.10. The molecule has 0 fully saturated rings. The molecule has 0 radical (unpaired) electrons. The van der Waals surface area contributed by atoms with E-state index in [4.69, 9.17) is 0 Å². The minimum atomic E-state index is -0.333. The van der Waals surface area contributed by atoms with Crippen molar-refractivity contribution in [3.63, 3.8) is 0 Å². The number of rotatable bonds is 5. The van der Waals surface area contributed by atoms with Crippen molar-refractivity contribution in [1.82, 2.24) is 4.98 Å². The Morgan fingerprint density at radius 3 is 2.42 bits per heavy atom. The first-order chi connectivity index (χ1) is 11.6. The molecule has 0 spiro atoms. The van der Waals surface area contributed by atoms with Crippen LogP contribution in [0.2, 0.25) is 0 Å². The molecule has 1 amide bonds. The zero-order valence-electron chi connectivity index (χ0n) is 13.1. The minimum absolute atomic E-state index is 0.0198. The second-order valence-electron chi connectivity index (χ2n) is 5.34. The Balaban J connectivity index is 1.73. The van der Waals surface area contributed by atoms with Crippen molar-refractivity contribution >= 4 is 28.7 Å². The van der Waals surface area contributed by atoms with Gasteiger partial charge < -0.3 is 5.32 Å². The van der Waals surface area contributed by atoms with Crippen molar-refractivity contribution in [3.05, 3.63) is 82.3 Å². The van der Waals surface area contributed by atoms with E-state index in [-0.39, 0.29) is 17.6 Å². The third-order valence-corrected chi connectivity index (χ3v) is 4.92. The van der Waals surface area contributed by atoms with Gasteiger partial charge in [0.2, 0.25) is 11.7 Å². The Morgan fingerprint density at radius 1 is 1.00 bits per heavy atom. The molecule has 1 atom stereocenters. The fraction of sp³-hybridized carbons (Fsp3) is 0.105. The number of aromatic nitrogens is 1. The first kappa shape index (κ1) is 16.1. The summed E-state index contributed by atoms with van der Waals surface area (Å²) in [7, 11) is 0. The molecule has 0 saturated carbocycles. The van der Waals surface area contributed by atoms with Crippen LogP contribution in [0.5, 0.6) is 0 Å². The quantitative estimate of drug-likeness (QED) is 0.713. The number of benzene rings is 1. The average molecular weight is 336 g/mol. The largest absolute Gasteiger partial charge is 0.325 e. The van der Waals surface area contributed by atoms with Crippen molar-refractivity contribution in [1.29, 1.82) is 0 Å². The monoisotopic (exact) mass is 336 g/mol. The zero-order valence-corrected chi connectivity index (χ0v) is 13.9. The standard InChI is InChI=1S/C19H16N2O2S/c1-13(19(23)21-15-9-11-20-12-10-15)16-7-8-17(24-16)18(22)14-5-3-2-4-6-14/h2-13H,1H3,(H,20,21,23)/t13-/m0/s1. The van der Waals surface area contributed by atoms with Crippen LogP contribution in [0.15, 0.2) is 67.0 Å². The van der Waals surface area contributed by atoms with E-state index in [0.29, 0.717) is 16.1 Å². The molecule has 0 aliphatic carbocycles. The predicted octanol–water partition coefficient (Wildman–Crippen LogP) is 4.12. The van der Waals surface area contributed by atoms with Gasteiger partial charge in [0.25, 0.3) is 0 Å². The van der Waals surface area contributed by atoms with Gasteiger partial charge in [-0.1, -0.05) is 30.3 Å². The second-order valence-corrected chi connectivity index (χ2v) is 6.46. The highest BCUT2D eigenvalue weighted by Crippen LogP contribution is 2.27. The molecular formula is C19H16N2O2S. The summed E-state index contributed by atoms with van der Waals surface area (Å²) in [5.41, 5.74) is 1.36. The minimum Gasteiger partial charge on any atom is -0.325 e. The van der Waals surface area contributed by atoms with Gasteiger partial charge in [0.05, 0.1) is 10.8 Å². The molecule has 1 aromatic carbocycles. The van der Waals surface area contributed by atoms with Gasteiger partial charge in [-0.15, -0.1) is 11.3 Å². The Kier molecular flexibility index (Phi) is 4.82. The van der Waals surface area contributed by atoms with Gasteiger partial charge in [0, 0.05) is 28.5 Å². The molecule has 1 N–H and O–H groups in total. The summed E-state index contributed by atoms with van der Waals surface area (Å²) in [4.78, 5) is 30.2. The number of pyridine rings is 1. The van der Waals surface area contributed by atoms with Crippen molar-refractivity contribution in [2.45, 2.75) is 12.8 Å². The fourth-order valence-electron chi connectivity index (χ4n) is 2.25. The highest BCUT2D eigenvalue weighted by atomic mass is 32.1. The molecule has 0 aliphatic rings. The lowest BCUT2D eigenvalue weighted by molar-refractivity contribution is -0.117. The smallest absolute Gasteiger partial charge is 0.232 e. The molecule has 0 saturated heterocycles. The molecule has 24 heavy (non-hydrogen) atoms. The topological polar surface area (TPSA) is 59.1 Å². The van der Waals surface area contributed by atoms with E-state index < -0.39 is 0 Å². The van der Waals surface area contributed by atoms with Gasteiger partial charge >= 0.3 is 0 Å². The maximum Gasteiger partial charge on any atom is 0.232 e. The summed E-state index contributed by atoms with van der Waals surface area (Å²) < 4.78 is 0. The highest BCUT2D eigenvalue weighted by molar-refractivity contribution is 7.14. The molecule has 3 rings (SSSR count). The number of nitrogens with zero attached hydrogens (tertiary/aromatic N) is 1. The summed E-state index contributed by atoms with van der Waals surface area (Å²) in [6.45, 7) is 1.83. The van der Waals surface area contributed by atoms with Crippen molar-refractivity contribution in [3.8, 4) is 0 Å². The third-order valence-electron chi connectivity index (χ3n) is 3.65. The van der Waals surface area contributed by atoms with Gasteiger partial charge in [-0.2, -0.15) is 0 Å². The number of hydrogen-bond acceptors (Lipinski definition) is 4. The molecule has 3 aromatic rings. The molecule has 0 unspecified atom stereocenters. The number of nitrogens with one attached hydrogen (secondary N) is 1. The molecular weight excluding hydrogens is 320 g/mol. The van der Waals surface area contributed by atoms with Crippen molar-refractivity contribution in [2.24, 2.45) is 0 Å². The third kappa shape index (κ3) is 3.58. The van der Waals surface area contributed by atoms with Gasteiger partial charge in [-0.25, -0.2) is 0 Å². The van der Waals surface area contributed by atoms with Crippen LogP contribution in [-0.4, -0.2) is 16.7 Å². The molecule has 4 nitrogen and oxygen atoms in total. The first-order valence-corrected chi connectivity index (χ1v) is 8.37. The molecule has 5 heteroatoms. The van der Waals surface area contributed by atoms with E-state index in [1.165, 1.54) is 11.3 Å². The second kappa shape index (κ2) is 7.19. The number of hydrogen-bond donors (Lipinski definition) is 1. The SMILES string of the molecule is C[C@H](C(=O)Nc1ccncc1)c1ccc(C(=O)c2ccccc2)s1. The number of amides is 1. The average Bonchev–Trinajstić information content (AvgIpc) is 3.12. The normalized spacial score (nSPS) is 11.7. The lowest BCUT2D eigenvalue weighted by Crippen LogP contribution is -2.18. The summed E-state index contributed by atoms with van der Waals surface area (Å²) >= 11 is 1.36. The number of thiophene rings is 1. The van der Waals surface area contributed by atoms with Crippen LogP contribution >= 0.6 is 11.3 Å². The van der Waals surface area contributed by atoms with Crippen molar-refractivity contribution < 1.29 is 9.59 Å². The van der Waals surface area contributed by atoms with E-state index in [2.05, 4.69) is 10.3 Å². The van der Waals surface area contributed by atoms with E-state index in [0.717, 1.165) is 4.88 Å². The fourth-order valence-corrected chi connectivity index (χ4v) is 3.27. The van der Waals surface area contributed by atoms with Gasteiger partial charge in [0.1, 0.15) is 0 Å². The Morgan fingerprint density at radius 2 is 1.71 bits per heavy atom.